The molecule has 1 aliphatic heterocycles. The maximum atomic E-state index is 13.0. The molecule has 0 spiro atoms. The van der Waals surface area contributed by atoms with Crippen LogP contribution in [0.3, 0.4) is 0 Å². The molecule has 2 aromatic rings. The van der Waals surface area contributed by atoms with Gasteiger partial charge in [-0.05, 0) is 30.9 Å². The van der Waals surface area contributed by atoms with E-state index < -0.39 is 11.7 Å². The number of amides is 1. The molecule has 0 radical (unpaired) electrons. The highest BCUT2D eigenvalue weighted by Crippen LogP contribution is 2.29. The van der Waals surface area contributed by atoms with Crippen LogP contribution in [0.1, 0.15) is 30.7 Å². The summed E-state index contributed by atoms with van der Waals surface area (Å²) in [6, 6.07) is 2.26. The standard InChI is InChI=1S/C17H22F3N7O.HI/c1-22-16(26-6-2-3-11(9-26)7-13(21)28)23-8-15-25-24-14-5-4-12(10-27(14)15)17(18,19)20;/h4-5,10-11H,2-3,6-9H2,1H3,(H2,21,28)(H,22,23);1H. The van der Waals surface area contributed by atoms with Gasteiger partial charge in [-0.1, -0.05) is 0 Å². The van der Waals surface area contributed by atoms with E-state index in [2.05, 4.69) is 20.5 Å². The van der Waals surface area contributed by atoms with Crippen molar-refractivity contribution in [1.29, 1.82) is 0 Å². The minimum Gasteiger partial charge on any atom is -0.370 e. The fourth-order valence-corrected chi connectivity index (χ4v) is 3.43. The number of hydrogen-bond donors (Lipinski definition) is 2. The number of alkyl halides is 3. The highest BCUT2D eigenvalue weighted by atomic mass is 127. The van der Waals surface area contributed by atoms with Crippen LogP contribution in [0, 0.1) is 5.92 Å². The molecule has 1 saturated heterocycles. The monoisotopic (exact) mass is 525 g/mol. The molecule has 0 aliphatic carbocycles. The topological polar surface area (TPSA) is 101 Å². The SMILES string of the molecule is CN=C(NCc1nnc2ccc(C(F)(F)F)cn12)N1CCCC(CC(N)=O)C1.I. The van der Waals surface area contributed by atoms with Gasteiger partial charge in [0.05, 0.1) is 12.1 Å². The minimum absolute atomic E-state index is 0. The number of likely N-dealkylation sites (tertiary alicyclic amines) is 1. The lowest BCUT2D eigenvalue weighted by Gasteiger charge is -2.34. The molecule has 160 valence electrons. The maximum absolute atomic E-state index is 13.0. The predicted molar refractivity (Wildman–Crippen MR) is 112 cm³/mol. The molecule has 3 rings (SSSR count). The molecular formula is C17H23F3IN7O. The van der Waals surface area contributed by atoms with E-state index in [4.69, 9.17) is 5.73 Å². The molecular weight excluding hydrogens is 502 g/mol. The number of rotatable bonds is 4. The average molecular weight is 525 g/mol. The quantitative estimate of drug-likeness (QED) is 0.362. The molecule has 1 atom stereocenters. The van der Waals surface area contributed by atoms with Gasteiger partial charge in [0.25, 0.3) is 0 Å². The molecule has 3 heterocycles. The number of nitrogens with one attached hydrogen (secondary N) is 1. The number of primary amides is 1. The van der Waals surface area contributed by atoms with Crippen molar-refractivity contribution in [2.24, 2.45) is 16.6 Å². The Morgan fingerprint density at radius 3 is 2.79 bits per heavy atom. The number of piperidine rings is 1. The molecule has 1 unspecified atom stereocenters. The summed E-state index contributed by atoms with van der Waals surface area (Å²) in [6.45, 7) is 1.57. The second kappa shape index (κ2) is 9.59. The van der Waals surface area contributed by atoms with Crippen molar-refractivity contribution in [2.75, 3.05) is 20.1 Å². The van der Waals surface area contributed by atoms with Gasteiger partial charge in [0.15, 0.2) is 17.4 Å². The first-order valence-electron chi connectivity index (χ1n) is 8.92. The fourth-order valence-electron chi connectivity index (χ4n) is 3.43. The molecule has 29 heavy (non-hydrogen) atoms. The van der Waals surface area contributed by atoms with Crippen LogP contribution >= 0.6 is 24.0 Å². The van der Waals surface area contributed by atoms with E-state index in [1.165, 1.54) is 10.5 Å². The number of nitrogens with two attached hydrogens (primary N) is 1. The average Bonchev–Trinajstić information content (AvgIpc) is 3.04. The normalized spacial score (nSPS) is 17.9. The molecule has 8 nitrogen and oxygen atoms in total. The third-order valence-electron chi connectivity index (χ3n) is 4.73. The van der Waals surface area contributed by atoms with E-state index in [0.29, 0.717) is 30.4 Å². The van der Waals surface area contributed by atoms with Gasteiger partial charge < -0.3 is 16.0 Å². The van der Waals surface area contributed by atoms with Crippen molar-refractivity contribution in [3.63, 3.8) is 0 Å². The third-order valence-corrected chi connectivity index (χ3v) is 4.73. The van der Waals surface area contributed by atoms with Crippen molar-refractivity contribution in [2.45, 2.75) is 32.0 Å². The molecule has 1 aliphatic rings. The Kier molecular flexibility index (Phi) is 7.66. The zero-order valence-corrected chi connectivity index (χ0v) is 18.1. The van der Waals surface area contributed by atoms with Gasteiger partial charge in [-0.15, -0.1) is 34.2 Å². The molecule has 0 aromatic carbocycles. The van der Waals surface area contributed by atoms with Gasteiger partial charge in [-0.3, -0.25) is 14.2 Å². The number of nitrogens with zero attached hydrogens (tertiary/aromatic N) is 5. The highest BCUT2D eigenvalue weighted by molar-refractivity contribution is 14.0. The Bertz CT molecular complexity index is 884. The van der Waals surface area contributed by atoms with Crippen LogP contribution in [0.15, 0.2) is 23.3 Å². The molecule has 1 amide bonds. The third kappa shape index (κ3) is 5.70. The molecule has 0 saturated carbocycles. The minimum atomic E-state index is -4.44. The van der Waals surface area contributed by atoms with Crippen molar-refractivity contribution in [1.82, 2.24) is 24.8 Å². The summed E-state index contributed by atoms with van der Waals surface area (Å²) >= 11 is 0. The zero-order valence-electron chi connectivity index (χ0n) is 15.8. The maximum Gasteiger partial charge on any atom is 0.417 e. The first-order valence-corrected chi connectivity index (χ1v) is 8.92. The van der Waals surface area contributed by atoms with Crippen LogP contribution in [0.5, 0.6) is 0 Å². The number of halogens is 4. The van der Waals surface area contributed by atoms with Crippen molar-refractivity contribution < 1.29 is 18.0 Å². The summed E-state index contributed by atoms with van der Waals surface area (Å²) in [4.78, 5) is 17.4. The number of hydrogen-bond acceptors (Lipinski definition) is 4. The molecule has 12 heteroatoms. The van der Waals surface area contributed by atoms with Crippen LogP contribution in [0.2, 0.25) is 0 Å². The van der Waals surface area contributed by atoms with Crippen molar-refractivity contribution in [3.05, 3.63) is 29.7 Å². The first-order chi connectivity index (χ1) is 13.3. The summed E-state index contributed by atoms with van der Waals surface area (Å²) in [7, 11) is 1.63. The van der Waals surface area contributed by atoms with E-state index in [1.807, 2.05) is 4.90 Å². The van der Waals surface area contributed by atoms with Crippen LogP contribution in [0.4, 0.5) is 13.2 Å². The van der Waals surface area contributed by atoms with Gasteiger partial charge in [0.2, 0.25) is 5.91 Å². The van der Waals surface area contributed by atoms with Gasteiger partial charge in [-0.2, -0.15) is 13.2 Å². The highest BCUT2D eigenvalue weighted by Gasteiger charge is 2.31. The number of aliphatic imine (C=N–C) groups is 1. The van der Waals surface area contributed by atoms with E-state index in [9.17, 15) is 18.0 Å². The molecule has 1 fully saturated rings. The lowest BCUT2D eigenvalue weighted by molar-refractivity contribution is -0.137. The summed E-state index contributed by atoms with van der Waals surface area (Å²) in [5.41, 5.74) is 4.86. The zero-order chi connectivity index (χ0) is 20.3. The van der Waals surface area contributed by atoms with Crippen LogP contribution in [0.25, 0.3) is 5.65 Å². The second-order valence-electron chi connectivity index (χ2n) is 6.79. The Morgan fingerprint density at radius 2 is 2.14 bits per heavy atom. The second-order valence-corrected chi connectivity index (χ2v) is 6.79. The largest absolute Gasteiger partial charge is 0.417 e. The summed E-state index contributed by atoms with van der Waals surface area (Å²) in [5.74, 6) is 0.768. The Hall–Kier alpha value is -2.12. The van der Waals surface area contributed by atoms with E-state index in [1.54, 1.807) is 7.05 Å². The number of guanidine groups is 1. The predicted octanol–water partition coefficient (Wildman–Crippen LogP) is 2.03. The Morgan fingerprint density at radius 1 is 1.38 bits per heavy atom. The summed E-state index contributed by atoms with van der Waals surface area (Å²) < 4.78 is 40.2. The van der Waals surface area contributed by atoms with Crippen LogP contribution in [-0.4, -0.2) is 51.5 Å². The summed E-state index contributed by atoms with van der Waals surface area (Å²) in [5, 5.41) is 11.0. The number of aromatic nitrogens is 3. The van der Waals surface area contributed by atoms with Crippen LogP contribution < -0.4 is 11.1 Å². The van der Waals surface area contributed by atoms with E-state index in [0.717, 1.165) is 31.6 Å². The molecule has 3 N–H and O–H groups in total. The Balaban J connectivity index is 0.00000300. The number of fused-ring (bicyclic) bond motifs is 1. The molecule has 2 aromatic heterocycles. The van der Waals surface area contributed by atoms with Gasteiger partial charge >= 0.3 is 6.18 Å². The number of pyridine rings is 1. The first kappa shape index (κ1) is 23.2. The van der Waals surface area contributed by atoms with Crippen molar-refractivity contribution in [3.8, 4) is 0 Å². The smallest absolute Gasteiger partial charge is 0.370 e. The lowest BCUT2D eigenvalue weighted by atomic mass is 9.95. The van der Waals surface area contributed by atoms with Gasteiger partial charge in [-0.25, -0.2) is 0 Å². The Labute approximate surface area is 182 Å². The molecule has 0 bridgehead atoms. The fraction of sp³-hybridized carbons (Fsp3) is 0.529. The summed E-state index contributed by atoms with van der Waals surface area (Å²) in [6.07, 6.45) is -1.31. The van der Waals surface area contributed by atoms with E-state index >= 15 is 0 Å². The van der Waals surface area contributed by atoms with E-state index in [-0.39, 0.29) is 42.3 Å². The number of carbonyl (C=O) groups excluding carboxylic acids is 1. The lowest BCUT2D eigenvalue weighted by Crippen LogP contribution is -2.47. The van der Waals surface area contributed by atoms with Gasteiger partial charge in [0, 0.05) is 32.8 Å². The van der Waals surface area contributed by atoms with Crippen molar-refractivity contribution >= 4 is 41.5 Å². The van der Waals surface area contributed by atoms with Gasteiger partial charge in [0.1, 0.15) is 0 Å². The van der Waals surface area contributed by atoms with Crippen LogP contribution in [-0.2, 0) is 17.5 Å². The number of carbonyl (C=O) groups is 1.